The second-order valence-corrected chi connectivity index (χ2v) is 8.37. The minimum atomic E-state index is -0.391. The van der Waals surface area contributed by atoms with Gasteiger partial charge in [0.15, 0.2) is 0 Å². The maximum atomic E-state index is 13.8. The van der Waals surface area contributed by atoms with Crippen LogP contribution in [0.15, 0.2) is 42.5 Å². The average Bonchev–Trinajstić information content (AvgIpc) is 3.60. The summed E-state index contributed by atoms with van der Waals surface area (Å²) in [6.45, 7) is 3.82. The second-order valence-electron chi connectivity index (χ2n) is 8.37. The molecule has 0 unspecified atom stereocenters. The van der Waals surface area contributed by atoms with E-state index in [1.165, 1.54) is 6.07 Å². The Morgan fingerprint density at radius 3 is 2.44 bits per heavy atom. The van der Waals surface area contributed by atoms with Crippen molar-refractivity contribution in [3.63, 3.8) is 0 Å². The summed E-state index contributed by atoms with van der Waals surface area (Å²) >= 11 is 0. The lowest BCUT2D eigenvalue weighted by Gasteiger charge is -2.34. The predicted molar refractivity (Wildman–Crippen MR) is 119 cm³/mol. The molecule has 2 aromatic rings. The van der Waals surface area contributed by atoms with Gasteiger partial charge in [-0.15, -0.1) is 0 Å². The van der Waals surface area contributed by atoms with Gasteiger partial charge in [-0.2, -0.15) is 0 Å². The Labute approximate surface area is 186 Å². The van der Waals surface area contributed by atoms with E-state index < -0.39 is 5.82 Å². The number of hydrogen-bond acceptors (Lipinski definition) is 4. The van der Waals surface area contributed by atoms with Gasteiger partial charge < -0.3 is 15.5 Å². The maximum Gasteiger partial charge on any atom is 0.254 e. The summed E-state index contributed by atoms with van der Waals surface area (Å²) in [6, 6.07) is 11.7. The van der Waals surface area contributed by atoms with Crippen LogP contribution >= 0.6 is 0 Å². The molecule has 1 heterocycles. The van der Waals surface area contributed by atoms with Crippen molar-refractivity contribution in [3.8, 4) is 0 Å². The molecule has 2 aromatic carbocycles. The zero-order valence-corrected chi connectivity index (χ0v) is 18.1. The first-order chi connectivity index (χ1) is 15.4. The zero-order chi connectivity index (χ0) is 22.7. The minimum Gasteiger partial charge on any atom is -0.349 e. The summed E-state index contributed by atoms with van der Waals surface area (Å²) in [4.78, 5) is 41.3. The number of nitrogens with zero attached hydrogens (tertiary/aromatic N) is 2. The third kappa shape index (κ3) is 5.31. The Kier molecular flexibility index (Phi) is 6.50. The normalized spacial score (nSPS) is 16.5. The number of anilines is 1. The molecule has 1 aliphatic heterocycles. The molecular formula is C24H27FN4O3. The number of halogens is 1. The Hall–Kier alpha value is -3.26. The van der Waals surface area contributed by atoms with Crippen molar-refractivity contribution in [2.75, 3.05) is 38.0 Å². The van der Waals surface area contributed by atoms with Crippen LogP contribution in [0.1, 0.15) is 39.1 Å². The molecule has 0 spiro atoms. The standard InChI is InChI=1S/C24H27FN4O3/c1-16-6-7-17(14-20(16)25)24(32)29-12-10-28(11-13-29)15-22(30)27-21-5-3-2-4-19(21)23(31)26-18-8-9-18/h2-7,14,18H,8-13,15H2,1H3,(H,26,31)(H,27,30). The van der Waals surface area contributed by atoms with Gasteiger partial charge in [-0.3, -0.25) is 19.3 Å². The van der Waals surface area contributed by atoms with E-state index in [-0.39, 0.29) is 30.3 Å². The third-order valence-electron chi connectivity index (χ3n) is 5.80. The summed E-state index contributed by atoms with van der Waals surface area (Å²) in [7, 11) is 0. The van der Waals surface area contributed by atoms with Crippen LogP contribution in [0, 0.1) is 12.7 Å². The molecule has 2 N–H and O–H groups in total. The largest absolute Gasteiger partial charge is 0.349 e. The molecule has 2 fully saturated rings. The highest BCUT2D eigenvalue weighted by Gasteiger charge is 2.26. The van der Waals surface area contributed by atoms with Gasteiger partial charge in [-0.05, 0) is 49.6 Å². The summed E-state index contributed by atoms with van der Waals surface area (Å²) in [5.74, 6) is -0.985. The van der Waals surface area contributed by atoms with Gasteiger partial charge >= 0.3 is 0 Å². The fraction of sp³-hybridized carbons (Fsp3) is 0.375. The SMILES string of the molecule is Cc1ccc(C(=O)N2CCN(CC(=O)Nc3ccccc3C(=O)NC3CC3)CC2)cc1F. The van der Waals surface area contributed by atoms with Gasteiger partial charge in [0.2, 0.25) is 5.91 Å². The number of nitrogens with one attached hydrogen (secondary N) is 2. The number of piperazine rings is 1. The molecule has 2 aliphatic rings. The molecule has 4 rings (SSSR count). The Morgan fingerprint density at radius 1 is 1.03 bits per heavy atom. The van der Waals surface area contributed by atoms with Crippen molar-refractivity contribution in [3.05, 3.63) is 65.0 Å². The molecule has 1 aliphatic carbocycles. The van der Waals surface area contributed by atoms with Gasteiger partial charge in [0, 0.05) is 37.8 Å². The first kappa shape index (κ1) is 22.0. The highest BCUT2D eigenvalue weighted by Crippen LogP contribution is 2.21. The van der Waals surface area contributed by atoms with Crippen molar-refractivity contribution < 1.29 is 18.8 Å². The van der Waals surface area contributed by atoms with Crippen molar-refractivity contribution in [2.24, 2.45) is 0 Å². The molecule has 168 valence electrons. The summed E-state index contributed by atoms with van der Waals surface area (Å²) in [5, 5.41) is 5.78. The molecule has 7 nitrogen and oxygen atoms in total. The molecule has 1 saturated heterocycles. The van der Waals surface area contributed by atoms with Crippen LogP contribution in [0.4, 0.5) is 10.1 Å². The van der Waals surface area contributed by atoms with Crippen molar-refractivity contribution in [1.29, 1.82) is 0 Å². The van der Waals surface area contributed by atoms with Crippen LogP contribution in [-0.2, 0) is 4.79 Å². The number of para-hydroxylation sites is 1. The average molecular weight is 439 g/mol. The van der Waals surface area contributed by atoms with Crippen LogP contribution < -0.4 is 10.6 Å². The number of amides is 3. The molecule has 32 heavy (non-hydrogen) atoms. The lowest BCUT2D eigenvalue weighted by Crippen LogP contribution is -2.50. The molecule has 0 bridgehead atoms. The van der Waals surface area contributed by atoms with Gasteiger partial charge in [-0.25, -0.2) is 4.39 Å². The van der Waals surface area contributed by atoms with E-state index in [0.29, 0.717) is 48.6 Å². The number of aryl methyl sites for hydroxylation is 1. The smallest absolute Gasteiger partial charge is 0.254 e. The molecule has 3 amide bonds. The van der Waals surface area contributed by atoms with Crippen LogP contribution in [0.25, 0.3) is 0 Å². The summed E-state index contributed by atoms with van der Waals surface area (Å²) < 4.78 is 13.8. The lowest BCUT2D eigenvalue weighted by molar-refractivity contribution is -0.117. The minimum absolute atomic E-state index is 0.166. The van der Waals surface area contributed by atoms with E-state index in [2.05, 4.69) is 10.6 Å². The predicted octanol–water partition coefficient (Wildman–Crippen LogP) is 2.42. The Balaban J connectivity index is 1.29. The van der Waals surface area contributed by atoms with Crippen LogP contribution in [-0.4, -0.2) is 66.3 Å². The quantitative estimate of drug-likeness (QED) is 0.726. The van der Waals surface area contributed by atoms with Crippen LogP contribution in [0.2, 0.25) is 0 Å². The summed E-state index contributed by atoms with van der Waals surface area (Å²) in [6.07, 6.45) is 1.99. The van der Waals surface area contributed by atoms with Gasteiger partial charge in [0.1, 0.15) is 5.82 Å². The molecule has 1 saturated carbocycles. The molecular weight excluding hydrogens is 411 g/mol. The van der Waals surface area contributed by atoms with Gasteiger partial charge in [-0.1, -0.05) is 18.2 Å². The van der Waals surface area contributed by atoms with Crippen LogP contribution in [0.5, 0.6) is 0 Å². The highest BCUT2D eigenvalue weighted by atomic mass is 19.1. The fourth-order valence-corrected chi connectivity index (χ4v) is 3.69. The van der Waals surface area contributed by atoms with Gasteiger partial charge in [0.05, 0.1) is 17.8 Å². The van der Waals surface area contributed by atoms with Crippen molar-refractivity contribution in [2.45, 2.75) is 25.8 Å². The molecule has 0 radical (unpaired) electrons. The highest BCUT2D eigenvalue weighted by molar-refractivity contribution is 6.04. The van der Waals surface area contributed by atoms with E-state index in [4.69, 9.17) is 0 Å². The fourth-order valence-electron chi connectivity index (χ4n) is 3.69. The number of rotatable bonds is 6. The number of carbonyl (C=O) groups is 3. The first-order valence-corrected chi connectivity index (χ1v) is 10.9. The lowest BCUT2D eigenvalue weighted by atomic mass is 10.1. The molecule has 0 atom stereocenters. The second kappa shape index (κ2) is 9.48. The Morgan fingerprint density at radius 2 is 1.75 bits per heavy atom. The van der Waals surface area contributed by atoms with Crippen molar-refractivity contribution >= 4 is 23.4 Å². The Bertz CT molecular complexity index is 1030. The maximum absolute atomic E-state index is 13.8. The third-order valence-corrected chi connectivity index (χ3v) is 5.80. The number of benzene rings is 2. The summed E-state index contributed by atoms with van der Waals surface area (Å²) in [5.41, 5.74) is 1.78. The van der Waals surface area contributed by atoms with E-state index >= 15 is 0 Å². The number of carbonyl (C=O) groups excluding carboxylic acids is 3. The number of hydrogen-bond donors (Lipinski definition) is 2. The monoisotopic (exact) mass is 438 g/mol. The van der Waals surface area contributed by atoms with E-state index in [9.17, 15) is 18.8 Å². The van der Waals surface area contributed by atoms with Gasteiger partial charge in [0.25, 0.3) is 11.8 Å². The topological polar surface area (TPSA) is 81.8 Å². The van der Waals surface area contributed by atoms with Crippen LogP contribution in [0.3, 0.4) is 0 Å². The first-order valence-electron chi connectivity index (χ1n) is 10.9. The van der Waals surface area contributed by atoms with E-state index in [0.717, 1.165) is 12.8 Å². The van der Waals surface area contributed by atoms with E-state index in [1.54, 1.807) is 48.2 Å². The zero-order valence-electron chi connectivity index (χ0n) is 18.1. The van der Waals surface area contributed by atoms with Crippen molar-refractivity contribution in [1.82, 2.24) is 15.1 Å². The molecule has 0 aromatic heterocycles. The van der Waals surface area contributed by atoms with E-state index in [1.807, 2.05) is 4.90 Å². The molecule has 8 heteroatoms.